The summed E-state index contributed by atoms with van der Waals surface area (Å²) in [4.78, 5) is 17.2. The summed E-state index contributed by atoms with van der Waals surface area (Å²) in [5.74, 6) is 0. The molecule has 0 bridgehead atoms. The van der Waals surface area contributed by atoms with E-state index in [-0.39, 0.29) is 5.41 Å². The fourth-order valence-corrected chi connectivity index (χ4v) is 2.82. The van der Waals surface area contributed by atoms with Crippen molar-refractivity contribution < 1.29 is 9.53 Å². The highest BCUT2D eigenvalue weighted by molar-refractivity contribution is 5.84. The molecule has 0 radical (unpaired) electrons. The number of rotatable bonds is 4. The lowest BCUT2D eigenvalue weighted by Gasteiger charge is -2.30. The summed E-state index contributed by atoms with van der Waals surface area (Å²) < 4.78 is 5.78. The van der Waals surface area contributed by atoms with Crippen molar-refractivity contribution in [3.8, 4) is 11.3 Å². The van der Waals surface area contributed by atoms with Crippen LogP contribution in [-0.2, 0) is 4.74 Å². The second kappa shape index (κ2) is 8.04. The first-order valence-electron chi connectivity index (χ1n) is 8.98. The molecule has 0 saturated heterocycles. The van der Waals surface area contributed by atoms with E-state index in [4.69, 9.17) is 9.72 Å². The van der Waals surface area contributed by atoms with Gasteiger partial charge in [0.15, 0.2) is 6.10 Å². The van der Waals surface area contributed by atoms with Gasteiger partial charge in [0.2, 0.25) is 0 Å². The molecule has 4 heteroatoms. The number of pyridine rings is 1. The summed E-state index contributed by atoms with van der Waals surface area (Å²) in [6.07, 6.45) is -0.974. The second-order valence-electron chi connectivity index (χ2n) is 7.46. The van der Waals surface area contributed by atoms with Crippen LogP contribution in [0.4, 0.5) is 10.5 Å². The van der Waals surface area contributed by atoms with E-state index in [1.165, 1.54) is 0 Å². The molecule has 1 N–H and O–H groups in total. The topological polar surface area (TPSA) is 51.2 Å². The van der Waals surface area contributed by atoms with E-state index in [1.807, 2.05) is 99.6 Å². The quantitative estimate of drug-likeness (QED) is 0.613. The van der Waals surface area contributed by atoms with Gasteiger partial charge in [0.05, 0.1) is 11.4 Å². The van der Waals surface area contributed by atoms with Crippen molar-refractivity contribution >= 4 is 11.8 Å². The molecule has 27 heavy (non-hydrogen) atoms. The van der Waals surface area contributed by atoms with Crippen molar-refractivity contribution in [2.45, 2.75) is 26.9 Å². The summed E-state index contributed by atoms with van der Waals surface area (Å²) in [5, 5.41) is 2.77. The molecule has 4 nitrogen and oxygen atoms in total. The Morgan fingerprint density at radius 1 is 0.889 bits per heavy atom. The average molecular weight is 360 g/mol. The van der Waals surface area contributed by atoms with Crippen LogP contribution in [0.2, 0.25) is 0 Å². The van der Waals surface area contributed by atoms with Gasteiger partial charge in [0.1, 0.15) is 0 Å². The molecular weight excluding hydrogens is 336 g/mol. The maximum Gasteiger partial charge on any atom is 0.412 e. The van der Waals surface area contributed by atoms with Gasteiger partial charge in [-0.05, 0) is 24.3 Å². The first kappa shape index (κ1) is 18.6. The smallest absolute Gasteiger partial charge is 0.412 e. The number of benzene rings is 2. The van der Waals surface area contributed by atoms with E-state index in [9.17, 15) is 4.79 Å². The minimum absolute atomic E-state index is 0.309. The molecule has 2 aromatic carbocycles. The van der Waals surface area contributed by atoms with Crippen LogP contribution < -0.4 is 5.32 Å². The molecule has 3 aromatic rings. The number of amides is 1. The Morgan fingerprint density at radius 3 is 2.15 bits per heavy atom. The van der Waals surface area contributed by atoms with Crippen LogP contribution in [-0.4, -0.2) is 11.1 Å². The van der Waals surface area contributed by atoms with E-state index in [0.717, 1.165) is 17.0 Å². The Labute approximate surface area is 160 Å². The fraction of sp³-hybridized carbons (Fsp3) is 0.217. The first-order chi connectivity index (χ1) is 12.9. The monoisotopic (exact) mass is 360 g/mol. The maximum absolute atomic E-state index is 12.4. The molecule has 1 atom stereocenters. The van der Waals surface area contributed by atoms with E-state index in [1.54, 1.807) is 0 Å². The van der Waals surface area contributed by atoms with Gasteiger partial charge in [0.25, 0.3) is 0 Å². The number of carbonyl (C=O) groups is 1. The molecule has 1 unspecified atom stereocenters. The Balaban J connectivity index is 1.84. The number of carbonyl (C=O) groups excluding carboxylic acids is 1. The van der Waals surface area contributed by atoms with Crippen molar-refractivity contribution in [1.82, 2.24) is 4.98 Å². The molecule has 138 valence electrons. The highest BCUT2D eigenvalue weighted by Gasteiger charge is 2.31. The Hall–Kier alpha value is -3.14. The van der Waals surface area contributed by atoms with E-state index in [2.05, 4.69) is 5.32 Å². The number of hydrogen-bond acceptors (Lipinski definition) is 3. The predicted octanol–water partition coefficient (Wildman–Crippen LogP) is 6.08. The minimum Gasteiger partial charge on any atom is -0.439 e. The van der Waals surface area contributed by atoms with Crippen LogP contribution in [0.15, 0.2) is 78.9 Å². The number of anilines is 1. The molecule has 0 saturated carbocycles. The Morgan fingerprint density at radius 2 is 1.52 bits per heavy atom. The number of hydrogen-bond donors (Lipinski definition) is 1. The lowest BCUT2D eigenvalue weighted by atomic mass is 9.86. The third kappa shape index (κ3) is 4.94. The van der Waals surface area contributed by atoms with Gasteiger partial charge >= 0.3 is 6.09 Å². The van der Waals surface area contributed by atoms with E-state index < -0.39 is 12.2 Å². The highest BCUT2D eigenvalue weighted by Crippen LogP contribution is 2.36. The Kier molecular flexibility index (Phi) is 5.55. The number of nitrogens with one attached hydrogen (secondary N) is 1. The number of ether oxygens (including phenoxy) is 1. The Bertz CT molecular complexity index is 887. The molecule has 0 spiro atoms. The van der Waals surface area contributed by atoms with Gasteiger partial charge in [0, 0.05) is 16.7 Å². The average Bonchev–Trinajstić information content (AvgIpc) is 2.67. The van der Waals surface area contributed by atoms with Crippen LogP contribution in [0.1, 0.15) is 32.6 Å². The molecular formula is C23H24N2O2. The zero-order valence-electron chi connectivity index (χ0n) is 15.8. The largest absolute Gasteiger partial charge is 0.439 e. The predicted molar refractivity (Wildman–Crippen MR) is 108 cm³/mol. The number of para-hydroxylation sites is 1. The zero-order chi connectivity index (χ0) is 19.3. The molecule has 1 aromatic heterocycles. The highest BCUT2D eigenvalue weighted by atomic mass is 16.6. The van der Waals surface area contributed by atoms with Crippen LogP contribution in [0.25, 0.3) is 11.3 Å². The van der Waals surface area contributed by atoms with Gasteiger partial charge in [-0.15, -0.1) is 0 Å². The van der Waals surface area contributed by atoms with Gasteiger partial charge in [-0.3, -0.25) is 5.32 Å². The summed E-state index contributed by atoms with van der Waals surface area (Å²) in [6.45, 7) is 6.10. The summed E-state index contributed by atoms with van der Waals surface area (Å²) >= 11 is 0. The van der Waals surface area contributed by atoms with Gasteiger partial charge < -0.3 is 4.74 Å². The molecule has 0 aliphatic heterocycles. The second-order valence-corrected chi connectivity index (χ2v) is 7.46. The molecule has 0 fully saturated rings. The SMILES string of the molecule is CC(C)(C)C(OC(=O)Nc1ccccc1)c1cccc(-c2ccccc2)n1. The van der Waals surface area contributed by atoms with Crippen LogP contribution in [0.3, 0.4) is 0 Å². The number of aromatic nitrogens is 1. The molecule has 0 aliphatic rings. The van der Waals surface area contributed by atoms with Gasteiger partial charge in [-0.25, -0.2) is 9.78 Å². The third-order valence-electron chi connectivity index (χ3n) is 4.14. The molecule has 1 amide bonds. The van der Waals surface area contributed by atoms with Gasteiger partial charge in [-0.1, -0.05) is 75.4 Å². The maximum atomic E-state index is 12.4. The zero-order valence-corrected chi connectivity index (χ0v) is 15.8. The first-order valence-corrected chi connectivity index (χ1v) is 8.98. The van der Waals surface area contributed by atoms with Crippen molar-refractivity contribution in [1.29, 1.82) is 0 Å². The lowest BCUT2D eigenvalue weighted by Crippen LogP contribution is -2.27. The van der Waals surface area contributed by atoms with Crippen LogP contribution >= 0.6 is 0 Å². The van der Waals surface area contributed by atoms with Crippen molar-refractivity contribution in [2.24, 2.45) is 5.41 Å². The summed E-state index contributed by atoms with van der Waals surface area (Å²) in [7, 11) is 0. The fourth-order valence-electron chi connectivity index (χ4n) is 2.82. The van der Waals surface area contributed by atoms with Gasteiger partial charge in [-0.2, -0.15) is 0 Å². The summed E-state index contributed by atoms with van der Waals surface area (Å²) in [5.41, 5.74) is 3.00. The summed E-state index contributed by atoms with van der Waals surface area (Å²) in [6, 6.07) is 25.0. The lowest BCUT2D eigenvalue weighted by molar-refractivity contribution is 0.0360. The van der Waals surface area contributed by atoms with Crippen LogP contribution in [0.5, 0.6) is 0 Å². The number of nitrogens with zero attached hydrogens (tertiary/aromatic N) is 1. The van der Waals surface area contributed by atoms with Crippen molar-refractivity contribution in [3.63, 3.8) is 0 Å². The van der Waals surface area contributed by atoms with E-state index in [0.29, 0.717) is 5.69 Å². The van der Waals surface area contributed by atoms with Crippen molar-refractivity contribution in [3.05, 3.63) is 84.6 Å². The standard InChI is InChI=1S/C23H24N2O2/c1-23(2,3)21(27-22(26)24-18-13-8-5-9-14-18)20-16-10-15-19(25-20)17-11-6-4-7-12-17/h4-16,21H,1-3H3,(H,24,26). The van der Waals surface area contributed by atoms with Crippen LogP contribution in [0, 0.1) is 5.41 Å². The minimum atomic E-state index is -0.493. The van der Waals surface area contributed by atoms with E-state index >= 15 is 0 Å². The molecule has 1 heterocycles. The molecule has 3 rings (SSSR count). The van der Waals surface area contributed by atoms with Crippen molar-refractivity contribution in [2.75, 3.05) is 5.32 Å². The third-order valence-corrected chi connectivity index (χ3v) is 4.14. The normalized spacial score (nSPS) is 12.3. The molecule has 0 aliphatic carbocycles.